The Labute approximate surface area is 164 Å². The number of ether oxygens (including phenoxy) is 2. The highest BCUT2D eigenvalue weighted by molar-refractivity contribution is 6.30. The molecule has 9 heteroatoms. The van der Waals surface area contributed by atoms with E-state index in [1.807, 2.05) is 0 Å². The molecule has 1 unspecified atom stereocenters. The molecule has 0 saturated heterocycles. The molecule has 0 aliphatic heterocycles. The Morgan fingerprint density at radius 1 is 1.11 bits per heavy atom. The molecule has 1 atom stereocenters. The summed E-state index contributed by atoms with van der Waals surface area (Å²) in [7, 11) is 2.98. The van der Waals surface area contributed by atoms with Gasteiger partial charge in [0.25, 0.3) is 5.91 Å². The summed E-state index contributed by atoms with van der Waals surface area (Å²) in [6.07, 6.45) is -5.94. The average Bonchev–Trinajstić information content (AvgIpc) is 2.64. The van der Waals surface area contributed by atoms with Gasteiger partial charge >= 0.3 is 12.1 Å². The topological polar surface area (TPSA) is 55.8 Å². The number of benzene rings is 2. The number of halogens is 4. The summed E-state index contributed by atoms with van der Waals surface area (Å²) in [5, 5.41) is 0.401. The number of carbonyl (C=O) groups is 2. The molecule has 28 heavy (non-hydrogen) atoms. The zero-order valence-corrected chi connectivity index (χ0v) is 15.8. The van der Waals surface area contributed by atoms with E-state index in [-0.39, 0.29) is 5.75 Å². The van der Waals surface area contributed by atoms with Gasteiger partial charge in [0.1, 0.15) is 5.75 Å². The summed E-state index contributed by atoms with van der Waals surface area (Å²) in [4.78, 5) is 25.3. The number of alkyl halides is 3. The Kier molecular flexibility index (Phi) is 6.90. The summed E-state index contributed by atoms with van der Waals surface area (Å²) >= 11 is 5.83. The van der Waals surface area contributed by atoms with Crippen LogP contribution in [0.25, 0.3) is 0 Å². The van der Waals surface area contributed by atoms with Crippen molar-refractivity contribution < 1.29 is 32.2 Å². The molecule has 0 heterocycles. The molecule has 0 aliphatic rings. The standard InChI is InChI=1S/C19H17ClF3NO4/c1-24(2)16(25)11-27-18(26)17(12-6-8-14(20)9-7-12)28-15-5-3-4-13(10-15)19(21,22)23/h3-10,17H,11H2,1-2H3. The first-order valence-electron chi connectivity index (χ1n) is 8.04. The number of likely N-dealkylation sites (N-methyl/N-ethyl adjacent to an activating group) is 1. The third kappa shape index (κ3) is 5.88. The van der Waals surface area contributed by atoms with Crippen molar-refractivity contribution >= 4 is 23.5 Å². The predicted octanol–water partition coefficient (Wildman–Crippen LogP) is 4.11. The lowest BCUT2D eigenvalue weighted by molar-refractivity contribution is -0.157. The second-order valence-electron chi connectivity index (χ2n) is 5.97. The normalized spacial score (nSPS) is 12.2. The molecular formula is C19H17ClF3NO4. The lowest BCUT2D eigenvalue weighted by Gasteiger charge is -2.20. The summed E-state index contributed by atoms with van der Waals surface area (Å²) in [6.45, 7) is -0.526. The van der Waals surface area contributed by atoms with E-state index in [2.05, 4.69) is 0 Å². The fourth-order valence-corrected chi connectivity index (χ4v) is 2.24. The van der Waals surface area contributed by atoms with Crippen molar-refractivity contribution in [1.82, 2.24) is 4.90 Å². The summed E-state index contributed by atoms with van der Waals surface area (Å²) in [5.74, 6) is -1.55. The molecule has 2 aromatic carbocycles. The van der Waals surface area contributed by atoms with Crippen LogP contribution in [0.5, 0.6) is 5.75 Å². The maximum atomic E-state index is 12.9. The number of rotatable bonds is 6. The maximum absolute atomic E-state index is 12.9. The molecule has 0 N–H and O–H groups in total. The van der Waals surface area contributed by atoms with E-state index in [0.29, 0.717) is 10.6 Å². The number of amides is 1. The number of esters is 1. The first-order valence-corrected chi connectivity index (χ1v) is 8.42. The van der Waals surface area contributed by atoms with Crippen molar-refractivity contribution in [2.75, 3.05) is 20.7 Å². The number of hydrogen-bond acceptors (Lipinski definition) is 4. The molecule has 2 aromatic rings. The molecule has 5 nitrogen and oxygen atoms in total. The second-order valence-corrected chi connectivity index (χ2v) is 6.41. The molecule has 0 spiro atoms. The molecule has 0 aromatic heterocycles. The van der Waals surface area contributed by atoms with Gasteiger partial charge in [-0.2, -0.15) is 13.2 Å². The van der Waals surface area contributed by atoms with Crippen molar-refractivity contribution in [2.24, 2.45) is 0 Å². The van der Waals surface area contributed by atoms with Crippen molar-refractivity contribution in [3.8, 4) is 5.75 Å². The van der Waals surface area contributed by atoms with Crippen LogP contribution in [0.3, 0.4) is 0 Å². The van der Waals surface area contributed by atoms with Crippen molar-refractivity contribution in [3.05, 3.63) is 64.7 Å². The fraction of sp³-hybridized carbons (Fsp3) is 0.263. The van der Waals surface area contributed by atoms with E-state index >= 15 is 0 Å². The zero-order valence-electron chi connectivity index (χ0n) is 15.0. The highest BCUT2D eigenvalue weighted by Crippen LogP contribution is 2.33. The second kappa shape index (κ2) is 8.97. The Morgan fingerprint density at radius 3 is 2.32 bits per heavy atom. The van der Waals surface area contributed by atoms with Gasteiger partial charge in [0.2, 0.25) is 6.10 Å². The van der Waals surface area contributed by atoms with Gasteiger partial charge in [0.05, 0.1) is 5.56 Å². The van der Waals surface area contributed by atoms with Crippen LogP contribution >= 0.6 is 11.6 Å². The van der Waals surface area contributed by atoms with Crippen LogP contribution in [-0.4, -0.2) is 37.5 Å². The number of carbonyl (C=O) groups excluding carboxylic acids is 2. The minimum atomic E-state index is -4.56. The van der Waals surface area contributed by atoms with Gasteiger partial charge in [0.15, 0.2) is 6.61 Å². The Morgan fingerprint density at radius 2 is 1.75 bits per heavy atom. The first kappa shape index (κ1) is 21.6. The largest absolute Gasteiger partial charge is 0.474 e. The highest BCUT2D eigenvalue weighted by Gasteiger charge is 2.31. The van der Waals surface area contributed by atoms with Crippen LogP contribution in [0.1, 0.15) is 17.2 Å². The lowest BCUT2D eigenvalue weighted by Crippen LogP contribution is -2.30. The molecule has 0 aliphatic carbocycles. The molecule has 0 radical (unpaired) electrons. The minimum absolute atomic E-state index is 0.175. The molecule has 0 fully saturated rings. The van der Waals surface area contributed by atoms with Crippen LogP contribution < -0.4 is 4.74 Å². The van der Waals surface area contributed by atoms with Gasteiger partial charge in [0, 0.05) is 24.7 Å². The smallest absolute Gasteiger partial charge is 0.416 e. The van der Waals surface area contributed by atoms with Gasteiger partial charge in [-0.3, -0.25) is 4.79 Å². The van der Waals surface area contributed by atoms with E-state index in [0.717, 1.165) is 18.2 Å². The van der Waals surface area contributed by atoms with Gasteiger partial charge in [-0.25, -0.2) is 4.79 Å². The SMILES string of the molecule is CN(C)C(=O)COC(=O)C(Oc1cccc(C(F)(F)F)c1)c1ccc(Cl)cc1. The number of nitrogens with zero attached hydrogens (tertiary/aromatic N) is 1. The van der Waals surface area contributed by atoms with Gasteiger partial charge in [-0.1, -0.05) is 29.8 Å². The average molecular weight is 416 g/mol. The Bertz CT molecular complexity index is 838. The van der Waals surface area contributed by atoms with E-state index in [9.17, 15) is 22.8 Å². The van der Waals surface area contributed by atoms with E-state index < -0.39 is 36.3 Å². The van der Waals surface area contributed by atoms with Crippen LogP contribution in [0.4, 0.5) is 13.2 Å². The third-order valence-corrected chi connectivity index (χ3v) is 3.89. The van der Waals surface area contributed by atoms with Crippen molar-refractivity contribution in [3.63, 3.8) is 0 Å². The van der Waals surface area contributed by atoms with Gasteiger partial charge < -0.3 is 14.4 Å². The van der Waals surface area contributed by atoms with Gasteiger partial charge in [-0.05, 0) is 30.3 Å². The Hall–Kier alpha value is -2.74. The highest BCUT2D eigenvalue weighted by atomic mass is 35.5. The van der Waals surface area contributed by atoms with Crippen molar-refractivity contribution in [1.29, 1.82) is 0 Å². The maximum Gasteiger partial charge on any atom is 0.416 e. The first-order chi connectivity index (χ1) is 13.1. The van der Waals surface area contributed by atoms with E-state index in [4.69, 9.17) is 21.1 Å². The summed E-state index contributed by atoms with van der Waals surface area (Å²) < 4.78 is 49.2. The molecule has 1 amide bonds. The van der Waals surface area contributed by atoms with Crippen LogP contribution in [-0.2, 0) is 20.5 Å². The van der Waals surface area contributed by atoms with Crippen LogP contribution in [0, 0.1) is 0 Å². The van der Waals surface area contributed by atoms with Crippen molar-refractivity contribution in [2.45, 2.75) is 12.3 Å². The molecular weight excluding hydrogens is 399 g/mol. The number of hydrogen-bond donors (Lipinski definition) is 0. The Balaban J connectivity index is 2.27. The minimum Gasteiger partial charge on any atom is -0.474 e. The summed E-state index contributed by atoms with van der Waals surface area (Å²) in [5.41, 5.74) is -0.611. The van der Waals surface area contributed by atoms with Crippen LogP contribution in [0.15, 0.2) is 48.5 Å². The molecule has 0 bridgehead atoms. The monoisotopic (exact) mass is 415 g/mol. The predicted molar refractivity (Wildman–Crippen MR) is 95.9 cm³/mol. The summed E-state index contributed by atoms with van der Waals surface area (Å²) in [6, 6.07) is 10.1. The fourth-order valence-electron chi connectivity index (χ4n) is 2.11. The van der Waals surface area contributed by atoms with E-state index in [1.54, 1.807) is 0 Å². The molecule has 2 rings (SSSR count). The third-order valence-electron chi connectivity index (χ3n) is 3.64. The zero-order chi connectivity index (χ0) is 20.9. The quantitative estimate of drug-likeness (QED) is 0.666. The van der Waals surface area contributed by atoms with E-state index in [1.165, 1.54) is 49.3 Å². The molecule has 0 saturated carbocycles. The van der Waals surface area contributed by atoms with Crippen LogP contribution in [0.2, 0.25) is 5.02 Å². The molecule has 150 valence electrons. The van der Waals surface area contributed by atoms with Gasteiger partial charge in [-0.15, -0.1) is 0 Å². The lowest BCUT2D eigenvalue weighted by atomic mass is 10.1.